The van der Waals surface area contributed by atoms with Gasteiger partial charge in [0.15, 0.2) is 29.1 Å². The first-order valence-electron chi connectivity index (χ1n) is 48.3. The fourth-order valence-corrected chi connectivity index (χ4v) is 24.3. The standard InChI is InChI=1S/C99H120Cl2N13O28P/c1-5-6-7-8-9-10-11-12-20-72(119)105-81-84(122)86(124)89(97(133)134)141-98(81)140-88-69-43-54-44-70(88)137-65-30-25-53(41-61(65)100)82(120)80-96(132)109-78(91(127)103-31-19-32-111(3)4)59-45-55(116)46-67(138-99-87(125)85(123)83(121)71(49-115)139-99)73(59)58-40-51(23-28-63(58)117)76(93(129)110-80)106-94(130)77(54)107-95(131)79-60-47-57(48-68(74(60)101)142-143(112-33-13-14-34-112,113-35-15-16-36-113)114-37-17-18-38-114)136-66-42-52(24-29-64(66)118)75(102-2)92(128)104-62(90(126)108-79)39-50-21-26-56(135-69)27-22-50/h21-30,40-48,62,71,75-87,89,98-99,102,115,120-125H,5-20,31-39,49H2,1-4H3,(H11-,103,104,105,106,107,108,109,110,116,117,118,119,126,127,128,129,130,131,132,133,134)/p+1/t62-,71-,75-,76-,77-,78-,79+,80+,81-,82-,83-,84-,85+,86+,87+,89+,98-,99+/m1/s1. The monoisotopic (exact) mass is 2040 g/mol. The summed E-state index contributed by atoms with van der Waals surface area (Å²) >= 11 is 15.5. The van der Waals surface area contributed by atoms with Crippen LogP contribution in [0.5, 0.6) is 69.0 Å². The van der Waals surface area contributed by atoms with Crippen LogP contribution in [0.1, 0.15) is 185 Å². The first-order valence-corrected chi connectivity index (χ1v) is 50.6. The molecule has 7 aromatic carbocycles. The Morgan fingerprint density at radius 3 is 1.80 bits per heavy atom. The van der Waals surface area contributed by atoms with E-state index in [4.69, 9.17) is 60.9 Å². The number of carboxylic acid groups (broad SMARTS) is 1. The lowest BCUT2D eigenvalue weighted by Crippen LogP contribution is -2.66. The maximum absolute atomic E-state index is 17.4. The molecule has 0 unspecified atom stereocenters. The Kier molecular flexibility index (Phi) is 33.4. The molecule has 768 valence electrons. The van der Waals surface area contributed by atoms with Crippen molar-refractivity contribution in [2.24, 2.45) is 0 Å². The number of halogens is 2. The average Bonchev–Trinajstić information content (AvgIpc) is 1.66. The summed E-state index contributed by atoms with van der Waals surface area (Å²) in [6.45, 7) is 5.14. The van der Waals surface area contributed by atoms with Crippen molar-refractivity contribution in [3.8, 4) is 80.1 Å². The highest BCUT2D eigenvalue weighted by molar-refractivity contribution is 7.64. The number of fused-ring (bicyclic) bond motifs is 14. The second-order valence-electron chi connectivity index (χ2n) is 37.4. The molecule has 11 aliphatic heterocycles. The van der Waals surface area contributed by atoms with Crippen molar-refractivity contribution >= 4 is 84.4 Å². The van der Waals surface area contributed by atoms with Crippen molar-refractivity contribution in [2.45, 2.75) is 226 Å². The van der Waals surface area contributed by atoms with Gasteiger partial charge in [-0.05, 0) is 185 Å². The number of phenols is 3. The Morgan fingerprint density at radius 1 is 0.538 bits per heavy atom. The summed E-state index contributed by atoms with van der Waals surface area (Å²) in [4.78, 5) is 144. The van der Waals surface area contributed by atoms with Crippen molar-refractivity contribution < 1.29 is 137 Å². The van der Waals surface area contributed by atoms with E-state index in [1.807, 2.05) is 4.90 Å². The number of hydrogen-bond donors (Lipinski definition) is 20. The number of aliphatic carboxylic acids is 1. The molecule has 143 heavy (non-hydrogen) atoms. The van der Waals surface area contributed by atoms with Gasteiger partial charge >= 0.3 is 13.9 Å². The second kappa shape index (κ2) is 45.8. The van der Waals surface area contributed by atoms with Gasteiger partial charge in [-0.15, -0.1) is 14.0 Å². The number of aromatic hydroxyl groups is 3. The number of likely N-dealkylation sites (N-methyl/N-ethyl adjacent to an activating group) is 1. The van der Waals surface area contributed by atoms with Gasteiger partial charge in [0, 0.05) is 87.5 Å². The Hall–Kier alpha value is -11.6. The van der Waals surface area contributed by atoms with E-state index in [1.165, 1.54) is 73.8 Å². The predicted molar refractivity (Wildman–Crippen MR) is 516 cm³/mol. The van der Waals surface area contributed by atoms with E-state index in [0.717, 1.165) is 126 Å². The molecule has 20 N–H and O–H groups in total. The molecule has 11 aliphatic rings. The van der Waals surface area contributed by atoms with Crippen LogP contribution in [0, 0.1) is 0 Å². The third kappa shape index (κ3) is 22.9. The fourth-order valence-electron chi connectivity index (χ4n) is 19.6. The summed E-state index contributed by atoms with van der Waals surface area (Å²) in [5.41, 5.74) is -2.25. The van der Waals surface area contributed by atoms with E-state index in [-0.39, 0.29) is 69.7 Å². The number of nitrogens with one attached hydrogen (secondary N) is 9. The molecule has 8 amide bonds. The van der Waals surface area contributed by atoms with Crippen LogP contribution in [0.3, 0.4) is 0 Å². The van der Waals surface area contributed by atoms with Gasteiger partial charge in [0.1, 0.15) is 126 Å². The zero-order valence-corrected chi connectivity index (χ0v) is 81.5. The Balaban J connectivity index is 0.934. The zero-order valence-electron chi connectivity index (χ0n) is 79.1. The van der Waals surface area contributed by atoms with Crippen molar-refractivity contribution in [1.29, 1.82) is 0 Å². The molecule has 18 atom stereocenters. The summed E-state index contributed by atoms with van der Waals surface area (Å²) in [7, 11) is 1.82. The van der Waals surface area contributed by atoms with Crippen molar-refractivity contribution in [3.63, 3.8) is 0 Å². The van der Waals surface area contributed by atoms with E-state index >= 15 is 33.6 Å². The van der Waals surface area contributed by atoms with Gasteiger partial charge in [0.05, 0.1) is 16.7 Å². The van der Waals surface area contributed by atoms with Crippen molar-refractivity contribution in [1.82, 2.24) is 66.8 Å². The molecule has 7 aromatic rings. The summed E-state index contributed by atoms with van der Waals surface area (Å²) in [5.74, 6) is -16.4. The van der Waals surface area contributed by atoms with Crippen molar-refractivity contribution in [3.05, 3.63) is 164 Å². The van der Waals surface area contributed by atoms with Crippen LogP contribution in [0.2, 0.25) is 10.0 Å². The Morgan fingerprint density at radius 2 is 1.15 bits per heavy atom. The van der Waals surface area contributed by atoms with E-state index in [9.17, 15) is 65.8 Å². The molecule has 5 fully saturated rings. The molecule has 0 saturated carbocycles. The number of rotatable bonds is 27. The topological polar surface area (TPSA) is 571 Å². The number of ether oxygens (including phenoxy) is 7. The zero-order chi connectivity index (χ0) is 102. The van der Waals surface area contributed by atoms with Gasteiger partial charge in [0.2, 0.25) is 71.3 Å². The first-order chi connectivity index (χ1) is 68.7. The largest absolute Gasteiger partial charge is 0.508 e. The molecule has 17 bridgehead atoms. The number of amides is 8. The smallest absolute Gasteiger partial charge is 0.417 e. The third-order valence-electron chi connectivity index (χ3n) is 27.1. The second-order valence-corrected chi connectivity index (χ2v) is 41.1. The Bertz CT molecular complexity index is 5820. The quantitative estimate of drug-likeness (QED) is 0.0191. The van der Waals surface area contributed by atoms with Crippen LogP contribution >= 0.6 is 31.1 Å². The summed E-state index contributed by atoms with van der Waals surface area (Å²) in [6.07, 6.45) is -9.76. The summed E-state index contributed by atoms with van der Waals surface area (Å²) in [6, 6.07) is 7.41. The van der Waals surface area contributed by atoms with Gasteiger partial charge in [0.25, 0.3) is 0 Å². The van der Waals surface area contributed by atoms with Gasteiger partial charge < -0.3 is 142 Å². The highest BCUT2D eigenvalue weighted by Gasteiger charge is 2.63. The number of benzene rings is 7. The SMILES string of the molecule is CCCCCCCCCCC(=O)N[C@H]1[C@H](Oc2c3cc4cc2Oc2ccc(cc2Cl)[C@@H](O)[C@@H]2NC(=O)[C@H](NC(=O)[C@@H]4NC(=O)[C@H]4NC(=O)[C@@H](Cc5ccc(cc5)O3)NC(=O)[C@H](NC)c3ccc(O)c(c3)Oc3cc(O[P+](N5CCCC5)(N5CCCC5)N5CCCC5)c(Cl)c4c3)c3ccc(O)c(c3)-c3c(O[C@H]4O[C@H](CO)[C@@H](O)[C@H](O)[C@@H]4O)cc(O)cc3[C@H](C(=O)NCCCN(C)C)NC2=O)O[C@H](C(=O)O)[C@@H](O)[C@@H]1O. The van der Waals surface area contributed by atoms with Gasteiger partial charge in [-0.3, -0.25) is 42.9 Å². The lowest BCUT2D eigenvalue weighted by atomic mass is 9.89. The first kappa shape index (κ1) is 104. The summed E-state index contributed by atoms with van der Waals surface area (Å²) < 4.78 is 60.6. The number of phenolic OH excluding ortho intramolecular Hbond substituents is 3. The number of carbonyl (C=O) groups excluding carboxylic acids is 8. The Labute approximate surface area is 834 Å². The predicted octanol–water partition coefficient (Wildman–Crippen LogP) is 6.56. The molecule has 0 aromatic heterocycles. The minimum atomic E-state index is -3.22. The number of hydrogen-bond acceptors (Lipinski definition) is 32. The molecule has 0 aliphatic carbocycles. The van der Waals surface area contributed by atoms with Crippen LogP contribution in [-0.4, -0.2) is 282 Å². The van der Waals surface area contributed by atoms with Gasteiger partial charge in [-0.1, -0.05) is 105 Å². The van der Waals surface area contributed by atoms with E-state index in [1.54, 1.807) is 14.1 Å². The number of carboxylic acids is 1. The normalized spacial score (nSPS) is 26.5. The van der Waals surface area contributed by atoms with Crippen LogP contribution in [-0.2, 0) is 59.0 Å². The molecular weight excluding hydrogens is 1920 g/mol. The third-order valence-corrected chi connectivity index (χ3v) is 31.7. The van der Waals surface area contributed by atoms with Crippen LogP contribution < -0.4 is 76.1 Å². The lowest BCUT2D eigenvalue weighted by Gasteiger charge is -2.41. The highest BCUT2D eigenvalue weighted by Crippen LogP contribution is 2.71. The maximum atomic E-state index is 17.4. The number of carbonyl (C=O) groups is 9. The number of nitrogens with zero attached hydrogens (tertiary/aromatic N) is 4. The molecule has 44 heteroatoms. The number of unbranched alkanes of at least 4 members (excludes halogenated alkanes) is 7. The highest BCUT2D eigenvalue weighted by atomic mass is 35.5. The van der Waals surface area contributed by atoms with Crippen LogP contribution in [0.15, 0.2) is 115 Å². The molecule has 0 spiro atoms. The lowest BCUT2D eigenvalue weighted by molar-refractivity contribution is -0.277. The molecule has 41 nitrogen and oxygen atoms in total. The van der Waals surface area contributed by atoms with E-state index in [2.05, 4.69) is 68.8 Å². The van der Waals surface area contributed by atoms with Gasteiger partial charge in [-0.2, -0.15) is 0 Å². The molecule has 11 heterocycles. The van der Waals surface area contributed by atoms with Crippen LogP contribution in [0.25, 0.3) is 11.1 Å². The van der Waals surface area contributed by atoms with Crippen molar-refractivity contribution in [2.75, 3.05) is 80.1 Å². The number of aliphatic hydroxyl groups excluding tert-OH is 7. The average molecular weight is 2040 g/mol. The minimum absolute atomic E-state index is 0.0780. The maximum Gasteiger partial charge on any atom is 0.417 e. The van der Waals surface area contributed by atoms with E-state index in [0.29, 0.717) is 70.6 Å². The fraction of sp³-hybridized carbons (Fsp3) is 0.485. The molecule has 5 saturated heterocycles. The molecule has 0 radical (unpaired) electrons. The van der Waals surface area contributed by atoms with E-state index < -0.39 is 251 Å². The molecule has 18 rings (SSSR count). The van der Waals surface area contributed by atoms with Crippen LogP contribution in [0.4, 0.5) is 0 Å². The molecular formula is C99H121Cl2N13O28P+. The number of aliphatic hydroxyl groups is 7. The summed E-state index contributed by atoms with van der Waals surface area (Å²) in [5, 5.41) is 153. The minimum Gasteiger partial charge on any atom is -0.508 e. The van der Waals surface area contributed by atoms with Gasteiger partial charge in [-0.25, -0.2) is 4.79 Å².